The third-order valence-corrected chi connectivity index (χ3v) is 4.80. The molecule has 1 aromatic carbocycles. The van der Waals surface area contributed by atoms with Crippen LogP contribution in [0.3, 0.4) is 0 Å². The van der Waals surface area contributed by atoms with E-state index in [9.17, 15) is 0 Å². The van der Waals surface area contributed by atoms with E-state index in [0.717, 1.165) is 25.3 Å². The van der Waals surface area contributed by atoms with E-state index in [-0.39, 0.29) is 0 Å². The normalized spacial score (nSPS) is 19.0. The molecule has 0 amide bonds. The lowest BCUT2D eigenvalue weighted by atomic mass is 9.95. The number of tetrazole rings is 1. The zero-order chi connectivity index (χ0) is 14.1. The first-order valence-corrected chi connectivity index (χ1v) is 8.01. The number of benzene rings is 1. The zero-order valence-electron chi connectivity index (χ0n) is 12.3. The van der Waals surface area contributed by atoms with E-state index in [4.69, 9.17) is 0 Å². The summed E-state index contributed by atoms with van der Waals surface area (Å²) in [6.07, 6.45) is 7.52. The van der Waals surface area contributed by atoms with Gasteiger partial charge in [0.2, 0.25) is 0 Å². The number of hydrogen-bond acceptors (Lipinski definition) is 4. The molecule has 1 aliphatic carbocycles. The van der Waals surface area contributed by atoms with E-state index in [1.54, 1.807) is 0 Å². The number of fused-ring (bicyclic) bond motifs is 1. The van der Waals surface area contributed by atoms with Gasteiger partial charge in [-0.3, -0.25) is 0 Å². The lowest BCUT2D eigenvalue weighted by Crippen LogP contribution is -2.25. The highest BCUT2D eigenvalue weighted by molar-refractivity contribution is 5.57. The second-order valence-corrected chi connectivity index (χ2v) is 6.13. The van der Waals surface area contributed by atoms with Crippen molar-refractivity contribution in [1.82, 2.24) is 20.2 Å². The van der Waals surface area contributed by atoms with E-state index in [0.29, 0.717) is 6.04 Å². The number of anilines is 1. The summed E-state index contributed by atoms with van der Waals surface area (Å²) in [5.74, 6) is 1.01. The Labute approximate surface area is 125 Å². The van der Waals surface area contributed by atoms with Gasteiger partial charge in [0, 0.05) is 12.2 Å². The Morgan fingerprint density at radius 3 is 2.86 bits per heavy atom. The van der Waals surface area contributed by atoms with Crippen molar-refractivity contribution in [3.05, 3.63) is 35.7 Å². The highest BCUT2D eigenvalue weighted by Gasteiger charge is 2.24. The molecule has 0 bridgehead atoms. The molecule has 0 N–H and O–H groups in total. The topological polar surface area (TPSA) is 46.8 Å². The maximum Gasteiger partial charge on any atom is 0.170 e. The molecule has 1 saturated carbocycles. The van der Waals surface area contributed by atoms with Crippen LogP contribution in [0.4, 0.5) is 5.69 Å². The highest BCUT2D eigenvalue weighted by Crippen LogP contribution is 2.31. The van der Waals surface area contributed by atoms with Gasteiger partial charge in [-0.15, -0.1) is 5.10 Å². The predicted octanol–water partition coefficient (Wildman–Crippen LogP) is 2.74. The molecular weight excluding hydrogens is 262 g/mol. The molecule has 2 aromatic rings. The van der Waals surface area contributed by atoms with Crippen LogP contribution in [0.5, 0.6) is 0 Å². The van der Waals surface area contributed by atoms with Crippen LogP contribution in [0.2, 0.25) is 0 Å². The molecule has 21 heavy (non-hydrogen) atoms. The van der Waals surface area contributed by atoms with Gasteiger partial charge in [0.05, 0.1) is 12.6 Å². The van der Waals surface area contributed by atoms with Crippen LogP contribution < -0.4 is 4.90 Å². The quantitative estimate of drug-likeness (QED) is 0.869. The molecule has 0 spiro atoms. The molecule has 110 valence electrons. The monoisotopic (exact) mass is 283 g/mol. The Kier molecular flexibility index (Phi) is 3.33. The Hall–Kier alpha value is -1.91. The molecule has 5 nitrogen and oxygen atoms in total. The van der Waals surface area contributed by atoms with Crippen LogP contribution >= 0.6 is 0 Å². The smallest absolute Gasteiger partial charge is 0.170 e. The summed E-state index contributed by atoms with van der Waals surface area (Å²) < 4.78 is 2.08. The fourth-order valence-corrected chi connectivity index (χ4v) is 3.67. The van der Waals surface area contributed by atoms with Gasteiger partial charge in [-0.05, 0) is 41.3 Å². The minimum Gasteiger partial charge on any atom is -0.363 e. The van der Waals surface area contributed by atoms with Gasteiger partial charge in [-0.1, -0.05) is 37.5 Å². The Morgan fingerprint density at radius 2 is 1.95 bits per heavy atom. The molecule has 1 aliphatic heterocycles. The summed E-state index contributed by atoms with van der Waals surface area (Å²) in [5, 5.41) is 12.5. The van der Waals surface area contributed by atoms with Crippen molar-refractivity contribution in [2.75, 3.05) is 11.4 Å². The lowest BCUT2D eigenvalue weighted by molar-refractivity contribution is 0.316. The van der Waals surface area contributed by atoms with Crippen LogP contribution in [-0.2, 0) is 13.0 Å². The molecule has 5 heteroatoms. The molecule has 4 rings (SSSR count). The van der Waals surface area contributed by atoms with Crippen LogP contribution in [-0.4, -0.2) is 26.8 Å². The summed E-state index contributed by atoms with van der Waals surface area (Å²) in [7, 11) is 0. The summed E-state index contributed by atoms with van der Waals surface area (Å²) in [6.45, 7) is 1.89. The van der Waals surface area contributed by atoms with Crippen molar-refractivity contribution in [1.29, 1.82) is 0 Å². The fourth-order valence-electron chi connectivity index (χ4n) is 3.67. The first-order valence-electron chi connectivity index (χ1n) is 8.01. The molecule has 0 unspecified atom stereocenters. The van der Waals surface area contributed by atoms with E-state index < -0.39 is 0 Å². The SMILES string of the molecule is c1ccc2c(c1)CCN2Cc1nnnn1C1CCCCC1. The molecule has 2 aliphatic rings. The molecule has 1 fully saturated rings. The van der Waals surface area contributed by atoms with Gasteiger partial charge in [-0.25, -0.2) is 4.68 Å². The number of nitrogens with zero attached hydrogens (tertiary/aromatic N) is 5. The zero-order valence-corrected chi connectivity index (χ0v) is 12.3. The first-order chi connectivity index (χ1) is 10.4. The maximum absolute atomic E-state index is 4.29. The van der Waals surface area contributed by atoms with E-state index in [2.05, 4.69) is 49.4 Å². The average Bonchev–Trinajstić information content (AvgIpc) is 3.16. The molecule has 0 atom stereocenters. The van der Waals surface area contributed by atoms with Crippen molar-refractivity contribution < 1.29 is 0 Å². The van der Waals surface area contributed by atoms with Crippen LogP contribution in [0.15, 0.2) is 24.3 Å². The van der Waals surface area contributed by atoms with E-state index >= 15 is 0 Å². The van der Waals surface area contributed by atoms with Crippen molar-refractivity contribution >= 4 is 5.69 Å². The molecule has 0 radical (unpaired) electrons. The highest BCUT2D eigenvalue weighted by atomic mass is 15.6. The second kappa shape index (κ2) is 5.47. The van der Waals surface area contributed by atoms with Gasteiger partial charge in [-0.2, -0.15) is 0 Å². The van der Waals surface area contributed by atoms with Gasteiger partial charge in [0.1, 0.15) is 0 Å². The van der Waals surface area contributed by atoms with Gasteiger partial charge in [0.25, 0.3) is 0 Å². The Bertz CT molecular complexity index is 615. The van der Waals surface area contributed by atoms with Crippen LogP contribution in [0.1, 0.15) is 49.5 Å². The van der Waals surface area contributed by atoms with Gasteiger partial charge >= 0.3 is 0 Å². The third kappa shape index (κ3) is 2.41. The van der Waals surface area contributed by atoms with Crippen LogP contribution in [0.25, 0.3) is 0 Å². The average molecular weight is 283 g/mol. The van der Waals surface area contributed by atoms with Crippen molar-refractivity contribution in [3.63, 3.8) is 0 Å². The first kappa shape index (κ1) is 12.8. The number of rotatable bonds is 3. The number of para-hydroxylation sites is 1. The Balaban J connectivity index is 1.55. The van der Waals surface area contributed by atoms with E-state index in [1.807, 2.05) is 0 Å². The molecule has 2 heterocycles. The van der Waals surface area contributed by atoms with Gasteiger partial charge < -0.3 is 4.90 Å². The second-order valence-electron chi connectivity index (χ2n) is 6.13. The predicted molar refractivity (Wildman–Crippen MR) is 81.1 cm³/mol. The lowest BCUT2D eigenvalue weighted by Gasteiger charge is -2.24. The maximum atomic E-state index is 4.29. The number of hydrogen-bond donors (Lipinski definition) is 0. The van der Waals surface area contributed by atoms with Gasteiger partial charge in [0.15, 0.2) is 5.82 Å². The Morgan fingerprint density at radius 1 is 1.10 bits per heavy atom. The fraction of sp³-hybridized carbons (Fsp3) is 0.562. The third-order valence-electron chi connectivity index (χ3n) is 4.80. The minimum absolute atomic E-state index is 0.501. The molecular formula is C16H21N5. The summed E-state index contributed by atoms with van der Waals surface area (Å²) in [5.41, 5.74) is 2.78. The van der Waals surface area contributed by atoms with Crippen molar-refractivity contribution in [2.45, 2.75) is 51.1 Å². The standard InChI is InChI=1S/C16H21N5/c1-2-7-14(8-3-1)21-16(17-18-19-21)12-20-11-10-13-6-4-5-9-15(13)20/h4-6,9,14H,1-3,7-8,10-12H2. The van der Waals surface area contributed by atoms with E-state index in [1.165, 1.54) is 43.4 Å². The largest absolute Gasteiger partial charge is 0.363 e. The summed E-state index contributed by atoms with van der Waals surface area (Å²) >= 11 is 0. The number of aromatic nitrogens is 4. The molecule has 1 aromatic heterocycles. The summed E-state index contributed by atoms with van der Waals surface area (Å²) in [6, 6.07) is 9.16. The minimum atomic E-state index is 0.501. The summed E-state index contributed by atoms with van der Waals surface area (Å²) in [4.78, 5) is 2.40. The molecule has 0 saturated heterocycles. The van der Waals surface area contributed by atoms with Crippen molar-refractivity contribution in [2.24, 2.45) is 0 Å². The van der Waals surface area contributed by atoms with Crippen LogP contribution in [0, 0.1) is 0 Å². The van der Waals surface area contributed by atoms with Crippen molar-refractivity contribution in [3.8, 4) is 0 Å².